The summed E-state index contributed by atoms with van der Waals surface area (Å²) in [5, 5.41) is 0.222. The fraction of sp³-hybridized carbons (Fsp3) is 0.250. The van der Waals surface area contributed by atoms with Crippen molar-refractivity contribution in [2.24, 2.45) is 0 Å². The Hall–Kier alpha value is -4.46. The Balaban J connectivity index is 1.69. The number of fused-ring (bicyclic) bond motifs is 1. The van der Waals surface area contributed by atoms with Crippen LogP contribution in [0.25, 0.3) is 22.3 Å². The molecule has 49 heavy (non-hydrogen) atoms. The molecule has 1 heteroatoms. The van der Waals surface area contributed by atoms with E-state index in [-0.39, 0.29) is 5.04 Å². The Labute approximate surface area is 297 Å². The lowest BCUT2D eigenvalue weighted by Gasteiger charge is -2.37. The second kappa shape index (κ2) is 13.8. The van der Waals surface area contributed by atoms with E-state index in [1.54, 1.807) is 0 Å². The molecule has 0 aliphatic heterocycles. The van der Waals surface area contributed by atoms with Gasteiger partial charge in [0.05, 0.1) is 14.2 Å². The third-order valence-electron chi connectivity index (χ3n) is 11.4. The first-order chi connectivity index (χ1) is 23.5. The summed E-state index contributed by atoms with van der Waals surface area (Å²) in [5.74, 6) is 0. The minimum absolute atomic E-state index is 0.222. The highest BCUT2D eigenvalue weighted by Crippen LogP contribution is 2.59. The van der Waals surface area contributed by atoms with Crippen LogP contribution in [0.1, 0.15) is 85.5 Å². The molecule has 0 atom stereocenters. The molecule has 0 saturated heterocycles. The lowest BCUT2D eigenvalue weighted by Crippen LogP contribution is -2.34. The predicted molar refractivity (Wildman–Crippen MR) is 216 cm³/mol. The van der Waals surface area contributed by atoms with Crippen molar-refractivity contribution < 1.29 is 0 Å². The normalized spacial score (nSPS) is 14.3. The second-order valence-electron chi connectivity index (χ2n) is 14.4. The van der Waals surface area contributed by atoms with Crippen molar-refractivity contribution in [3.05, 3.63) is 190 Å². The zero-order chi connectivity index (χ0) is 34.9. The maximum atomic E-state index is 4.47. The molecule has 0 bridgehead atoms. The number of rotatable bonds is 10. The summed E-state index contributed by atoms with van der Waals surface area (Å²) in [6.45, 7) is 23.3. The molecule has 1 radical (unpaired) electrons. The van der Waals surface area contributed by atoms with Crippen LogP contribution in [-0.4, -0.2) is 8.80 Å². The van der Waals surface area contributed by atoms with Gasteiger partial charge in [0.25, 0.3) is 0 Å². The number of benzene rings is 5. The number of hydrogen-bond acceptors (Lipinski definition) is 0. The van der Waals surface area contributed by atoms with E-state index in [0.717, 1.165) is 12.0 Å². The molecule has 0 fully saturated rings. The molecule has 0 N–H and O–H groups in total. The molecular formula is C48H51Si. The first-order valence-corrected chi connectivity index (χ1v) is 20.1. The lowest BCUT2D eigenvalue weighted by atomic mass is 9.64. The van der Waals surface area contributed by atoms with E-state index in [1.165, 1.54) is 78.4 Å². The van der Waals surface area contributed by atoms with Gasteiger partial charge in [0.2, 0.25) is 0 Å². The highest BCUT2D eigenvalue weighted by molar-refractivity contribution is 6.60. The molecule has 0 spiro atoms. The van der Waals surface area contributed by atoms with Crippen LogP contribution in [0.5, 0.6) is 0 Å². The van der Waals surface area contributed by atoms with Gasteiger partial charge in [0.1, 0.15) is 0 Å². The van der Waals surface area contributed by atoms with Gasteiger partial charge in [-0.25, -0.2) is 0 Å². The van der Waals surface area contributed by atoms with E-state index in [1.807, 2.05) is 0 Å². The van der Waals surface area contributed by atoms with Gasteiger partial charge in [0, 0.05) is 0 Å². The third kappa shape index (κ3) is 5.93. The summed E-state index contributed by atoms with van der Waals surface area (Å²) in [6.07, 6.45) is 3.23. The molecule has 6 rings (SSSR count). The van der Waals surface area contributed by atoms with Gasteiger partial charge < -0.3 is 0 Å². The van der Waals surface area contributed by atoms with E-state index < -0.39 is 14.2 Å². The van der Waals surface area contributed by atoms with Crippen LogP contribution >= 0.6 is 0 Å². The molecule has 1 aliphatic rings. The fourth-order valence-electron chi connectivity index (χ4n) is 8.01. The Morgan fingerprint density at radius 1 is 0.694 bits per heavy atom. The number of hydrogen-bond donors (Lipinski definition) is 0. The first-order valence-electron chi connectivity index (χ1n) is 17.9. The van der Waals surface area contributed by atoms with Crippen LogP contribution in [0.15, 0.2) is 145 Å². The van der Waals surface area contributed by atoms with Crippen molar-refractivity contribution in [1.29, 1.82) is 0 Å². The maximum Gasteiger partial charge on any atom is 0.0679 e. The first kappa shape index (κ1) is 34.4. The van der Waals surface area contributed by atoms with Crippen LogP contribution in [0, 0.1) is 13.8 Å². The fourth-order valence-corrected chi connectivity index (χ4v) is 9.55. The lowest BCUT2D eigenvalue weighted by molar-refractivity contribution is 0.730. The largest absolute Gasteiger partial charge is 0.0958 e. The molecule has 5 aromatic carbocycles. The maximum absolute atomic E-state index is 4.47. The average Bonchev–Trinajstić information content (AvgIpc) is 3.38. The van der Waals surface area contributed by atoms with Gasteiger partial charge in [-0.15, -0.1) is 0 Å². The minimum Gasteiger partial charge on any atom is -0.0958 e. The van der Waals surface area contributed by atoms with Crippen LogP contribution in [0.4, 0.5) is 0 Å². The molecule has 0 nitrogen and oxygen atoms in total. The van der Waals surface area contributed by atoms with Gasteiger partial charge in [-0.2, -0.15) is 0 Å². The van der Waals surface area contributed by atoms with Gasteiger partial charge in [0.15, 0.2) is 0 Å². The molecule has 0 heterocycles. The van der Waals surface area contributed by atoms with E-state index in [4.69, 9.17) is 0 Å². The molecule has 247 valence electrons. The van der Waals surface area contributed by atoms with Crippen molar-refractivity contribution >= 4 is 19.9 Å². The van der Waals surface area contributed by atoms with Crippen molar-refractivity contribution in [2.75, 3.05) is 0 Å². The Kier molecular flexibility index (Phi) is 9.69. The zero-order valence-corrected chi connectivity index (χ0v) is 31.7. The monoisotopic (exact) mass is 655 g/mol. The molecule has 5 aromatic rings. The van der Waals surface area contributed by atoms with Gasteiger partial charge >= 0.3 is 0 Å². The van der Waals surface area contributed by atoms with Crippen LogP contribution in [0.3, 0.4) is 0 Å². The molecule has 0 unspecified atom stereocenters. The molecule has 0 amide bonds. The SMILES string of the molecule is C=C(/C=C(\C1=C(C)C(c2ccccc2C)(c2ccccc2C)c2cc(-c3ccc(C(C)(C)[Si](C)CC)cc3)ccc21)c1ccccc1)CC. The quantitative estimate of drug-likeness (QED) is 0.104. The Bertz CT molecular complexity index is 2010. The van der Waals surface area contributed by atoms with E-state index >= 15 is 0 Å². The second-order valence-corrected chi connectivity index (χ2v) is 17.9. The summed E-state index contributed by atoms with van der Waals surface area (Å²) >= 11 is 0. The third-order valence-corrected chi connectivity index (χ3v) is 14.9. The summed E-state index contributed by atoms with van der Waals surface area (Å²) in [4.78, 5) is 0. The average molecular weight is 656 g/mol. The van der Waals surface area contributed by atoms with E-state index in [2.05, 4.69) is 189 Å². The van der Waals surface area contributed by atoms with Crippen LogP contribution in [0.2, 0.25) is 12.6 Å². The van der Waals surface area contributed by atoms with Crippen LogP contribution in [-0.2, 0) is 10.5 Å². The van der Waals surface area contributed by atoms with Gasteiger partial charge in [-0.05, 0) is 111 Å². The summed E-state index contributed by atoms with van der Waals surface area (Å²) in [6, 6.07) is 46.9. The predicted octanol–water partition coefficient (Wildman–Crippen LogP) is 13.1. The summed E-state index contributed by atoms with van der Waals surface area (Å²) < 4.78 is 0. The standard InChI is InChI=1S/C48H51Si/c1-10-33(3)31-42(38-21-13-12-14-22-38)46-36(6)48(43-23-17-15-19-34(43)4,44-24-18-16-20-35(44)5)45-32-39(27-30-41(45)46)37-25-28-40(29-26-37)47(7,8)49(9)11-2/h12-32H,3,10-11H2,1-2,4-9H3/b42-31-. The Morgan fingerprint density at radius 3 is 1.80 bits per heavy atom. The van der Waals surface area contributed by atoms with Crippen molar-refractivity contribution in [2.45, 2.75) is 77.9 Å². The number of aryl methyl sites for hydroxylation is 2. The van der Waals surface area contributed by atoms with Crippen molar-refractivity contribution in [1.82, 2.24) is 0 Å². The molecule has 0 saturated carbocycles. The molecular weight excluding hydrogens is 605 g/mol. The summed E-state index contributed by atoms with van der Waals surface area (Å²) in [5.41, 5.74) is 17.7. The summed E-state index contributed by atoms with van der Waals surface area (Å²) in [7, 11) is -0.497. The van der Waals surface area contributed by atoms with Crippen molar-refractivity contribution in [3.63, 3.8) is 0 Å². The smallest absolute Gasteiger partial charge is 0.0679 e. The molecule has 0 aromatic heterocycles. The highest BCUT2D eigenvalue weighted by atomic mass is 28.3. The number of allylic oxidation sites excluding steroid dienone is 5. The van der Waals surface area contributed by atoms with Gasteiger partial charge in [-0.1, -0.05) is 174 Å². The van der Waals surface area contributed by atoms with E-state index in [9.17, 15) is 0 Å². The van der Waals surface area contributed by atoms with Crippen LogP contribution < -0.4 is 0 Å². The molecule has 1 aliphatic carbocycles. The Morgan fingerprint density at radius 2 is 1.24 bits per heavy atom. The van der Waals surface area contributed by atoms with Gasteiger partial charge in [-0.3, -0.25) is 0 Å². The minimum atomic E-state index is -0.497. The van der Waals surface area contributed by atoms with Crippen molar-refractivity contribution in [3.8, 4) is 11.1 Å². The highest BCUT2D eigenvalue weighted by Gasteiger charge is 2.48. The zero-order valence-electron chi connectivity index (χ0n) is 30.7. The topological polar surface area (TPSA) is 0 Å². The van der Waals surface area contributed by atoms with E-state index in [0.29, 0.717) is 0 Å².